The van der Waals surface area contributed by atoms with Crippen LogP contribution >= 0.6 is 0 Å². The molecule has 8 rings (SSSR count). The zero-order chi connectivity index (χ0) is 36.6. The maximum absolute atomic E-state index is 7.91. The van der Waals surface area contributed by atoms with Gasteiger partial charge in [-0.1, -0.05) is 121 Å². The van der Waals surface area contributed by atoms with Gasteiger partial charge in [0.05, 0.1) is 11.4 Å². The van der Waals surface area contributed by atoms with Crippen LogP contribution in [-0.2, 0) is 18.8 Å². The molecule has 0 amide bonds. The number of aryl methyl sites for hydroxylation is 2. The summed E-state index contributed by atoms with van der Waals surface area (Å²) in [6, 6.07) is 56.7. The van der Waals surface area contributed by atoms with Crippen LogP contribution in [0.15, 0.2) is 158 Å². The Hall–Kier alpha value is -6.04. The number of ether oxygens (including phenoxy) is 1. The fourth-order valence-corrected chi connectivity index (χ4v) is 7.92. The molecule has 0 N–H and O–H groups in total. The minimum absolute atomic E-state index is 0.423. The third-order valence-electron chi connectivity index (χ3n) is 10.6. The Morgan fingerprint density at radius 1 is 0.415 bits per heavy atom. The largest absolute Gasteiger partial charge is 0.378 e. The summed E-state index contributed by atoms with van der Waals surface area (Å²) in [5.41, 5.74) is 13.7. The maximum Gasteiger partial charge on any atom is 0.112 e. The molecule has 0 radical (unpaired) electrons. The van der Waals surface area contributed by atoms with E-state index in [1.807, 2.05) is 0 Å². The Morgan fingerprint density at radius 2 is 0.755 bits per heavy atom. The average molecular weight is 695 g/mol. The molecule has 53 heavy (non-hydrogen) atoms. The van der Waals surface area contributed by atoms with Crippen molar-refractivity contribution < 1.29 is 4.74 Å². The van der Waals surface area contributed by atoms with Crippen molar-refractivity contribution in [2.24, 2.45) is 14.1 Å². The van der Waals surface area contributed by atoms with Gasteiger partial charge in [-0.2, -0.15) is 0 Å². The van der Waals surface area contributed by atoms with Crippen molar-refractivity contribution >= 4 is 33.2 Å². The lowest BCUT2D eigenvalue weighted by Crippen LogP contribution is -2.16. The number of para-hydroxylation sites is 2. The highest BCUT2D eigenvalue weighted by atomic mass is 16.5. The predicted octanol–water partition coefficient (Wildman–Crippen LogP) is 11.0. The number of benzene rings is 6. The van der Waals surface area contributed by atoms with Gasteiger partial charge in [-0.25, -0.2) is 0 Å². The van der Waals surface area contributed by atoms with Gasteiger partial charge in [-0.05, 0) is 58.7 Å². The highest BCUT2D eigenvalue weighted by molar-refractivity contribution is 5.94. The summed E-state index contributed by atoms with van der Waals surface area (Å²) in [5, 5.41) is 2.36. The molecule has 6 aromatic carbocycles. The third-order valence-corrected chi connectivity index (χ3v) is 10.6. The number of hydrogen-bond donors (Lipinski definition) is 0. The van der Waals surface area contributed by atoms with Crippen LogP contribution in [0.1, 0.15) is 34.5 Å². The van der Waals surface area contributed by atoms with E-state index >= 15 is 0 Å². The van der Waals surface area contributed by atoms with Crippen LogP contribution in [0.4, 0.5) is 11.4 Å². The van der Waals surface area contributed by atoms with Crippen LogP contribution in [0.2, 0.25) is 0 Å². The Kier molecular flexibility index (Phi) is 9.11. The molecule has 0 spiro atoms. The molecular weight excluding hydrogens is 649 g/mol. The lowest BCUT2D eigenvalue weighted by molar-refractivity contribution is 0.0329. The van der Waals surface area contributed by atoms with E-state index in [2.05, 4.69) is 219 Å². The first-order valence-corrected chi connectivity index (χ1v) is 18.3. The monoisotopic (exact) mass is 694 g/mol. The molecule has 264 valence electrons. The second-order valence-corrected chi connectivity index (χ2v) is 14.3. The van der Waals surface area contributed by atoms with Crippen LogP contribution in [-0.4, -0.2) is 37.3 Å². The van der Waals surface area contributed by atoms with E-state index in [0.717, 1.165) is 56.1 Å². The topological polar surface area (TPSA) is 25.6 Å². The summed E-state index contributed by atoms with van der Waals surface area (Å²) in [6.07, 6.45) is -0.845. The summed E-state index contributed by atoms with van der Waals surface area (Å²) >= 11 is 0. The first kappa shape index (κ1) is 34.1. The second-order valence-electron chi connectivity index (χ2n) is 14.3. The lowest BCUT2D eigenvalue weighted by atomic mass is 9.92. The van der Waals surface area contributed by atoms with E-state index in [0.29, 0.717) is 0 Å². The Labute approximate surface area is 312 Å². The molecule has 2 unspecified atom stereocenters. The predicted molar refractivity (Wildman–Crippen MR) is 223 cm³/mol. The average Bonchev–Trinajstić information content (AvgIpc) is 3.66. The number of nitrogens with zero attached hydrogens (tertiary/aromatic N) is 4. The summed E-state index contributed by atoms with van der Waals surface area (Å²) in [4.78, 5) is 4.29. The molecule has 0 fully saturated rings. The molecule has 0 aliphatic rings. The maximum atomic E-state index is 7.91. The molecule has 2 heterocycles. The zero-order valence-corrected chi connectivity index (χ0v) is 31.4. The summed E-state index contributed by atoms with van der Waals surface area (Å²) in [6.45, 7) is 0. The summed E-state index contributed by atoms with van der Waals surface area (Å²) < 4.78 is 12.6. The lowest BCUT2D eigenvalue weighted by Gasteiger charge is -2.29. The van der Waals surface area contributed by atoms with Gasteiger partial charge in [0, 0.05) is 86.6 Å². The highest BCUT2D eigenvalue weighted by Gasteiger charge is 2.33. The number of rotatable bonds is 10. The molecule has 5 heteroatoms. The number of fused-ring (bicyclic) bond motifs is 2. The molecule has 0 aliphatic heterocycles. The summed E-state index contributed by atoms with van der Waals surface area (Å²) in [7, 11) is 12.7. The van der Waals surface area contributed by atoms with Gasteiger partial charge in [-0.3, -0.25) is 0 Å². The number of anilines is 2. The van der Waals surface area contributed by atoms with Crippen molar-refractivity contribution in [3.8, 4) is 22.5 Å². The second kappa shape index (κ2) is 14.2. The van der Waals surface area contributed by atoms with Crippen molar-refractivity contribution in [1.29, 1.82) is 0 Å². The summed E-state index contributed by atoms with van der Waals surface area (Å²) in [5.74, 6) is 0. The Bertz CT molecular complexity index is 2320. The zero-order valence-electron chi connectivity index (χ0n) is 31.4. The van der Waals surface area contributed by atoms with Gasteiger partial charge < -0.3 is 23.7 Å². The fraction of sp³-hybridized carbons (Fsp3) is 0.167. The molecule has 0 aliphatic carbocycles. The SMILES string of the molecule is CN(C)c1ccc(C(OC(c2ccc(N(C)C)cc2)c2c(-c3ccccc3)n(C)c3ccccc23)c2c(-c3ccccc3)n(C)c3ccccc23)cc1. The molecule has 5 nitrogen and oxygen atoms in total. The standard InChI is InChI=1S/C48H46N4O/c1-49(2)37-29-25-35(26-30-37)47(43-39-21-13-15-23-41(39)51(5)45(43)33-17-9-7-10-18-33)53-48(36-27-31-38(32-28-36)50(3)4)44-40-22-14-16-24-42(40)52(6)46(44)34-19-11-8-12-20-34/h7-32,47-48H,1-6H3. The van der Waals surface area contributed by atoms with Gasteiger partial charge in [0.25, 0.3) is 0 Å². The molecule has 8 aromatic rings. The fourth-order valence-electron chi connectivity index (χ4n) is 7.92. The minimum atomic E-state index is -0.423. The first-order valence-electron chi connectivity index (χ1n) is 18.3. The molecule has 2 atom stereocenters. The quantitative estimate of drug-likeness (QED) is 0.142. The van der Waals surface area contributed by atoms with E-state index in [4.69, 9.17) is 4.74 Å². The Balaban J connectivity index is 1.44. The number of hydrogen-bond acceptors (Lipinski definition) is 3. The van der Waals surface area contributed by atoms with Crippen LogP contribution in [0.25, 0.3) is 44.3 Å². The number of aromatic nitrogens is 2. The van der Waals surface area contributed by atoms with Crippen LogP contribution in [0.5, 0.6) is 0 Å². The van der Waals surface area contributed by atoms with Crippen molar-refractivity contribution in [3.05, 3.63) is 180 Å². The van der Waals surface area contributed by atoms with Gasteiger partial charge in [0.1, 0.15) is 12.2 Å². The van der Waals surface area contributed by atoms with Gasteiger partial charge >= 0.3 is 0 Å². The minimum Gasteiger partial charge on any atom is -0.378 e. The van der Waals surface area contributed by atoms with E-state index < -0.39 is 12.2 Å². The molecule has 0 saturated heterocycles. The van der Waals surface area contributed by atoms with Crippen LogP contribution < -0.4 is 9.80 Å². The molecule has 0 bridgehead atoms. The van der Waals surface area contributed by atoms with Crippen LogP contribution in [0.3, 0.4) is 0 Å². The third kappa shape index (κ3) is 6.17. The molecule has 0 saturated carbocycles. The van der Waals surface area contributed by atoms with Gasteiger partial charge in [0.2, 0.25) is 0 Å². The van der Waals surface area contributed by atoms with Crippen molar-refractivity contribution in [2.75, 3.05) is 38.0 Å². The van der Waals surface area contributed by atoms with E-state index in [9.17, 15) is 0 Å². The van der Waals surface area contributed by atoms with E-state index in [-0.39, 0.29) is 0 Å². The van der Waals surface area contributed by atoms with Gasteiger partial charge in [0.15, 0.2) is 0 Å². The van der Waals surface area contributed by atoms with E-state index in [1.54, 1.807) is 0 Å². The van der Waals surface area contributed by atoms with Crippen molar-refractivity contribution in [2.45, 2.75) is 12.2 Å². The smallest absolute Gasteiger partial charge is 0.112 e. The molecular formula is C48H46N4O. The van der Waals surface area contributed by atoms with Crippen LogP contribution in [0, 0.1) is 0 Å². The normalized spacial score (nSPS) is 12.6. The first-order chi connectivity index (χ1) is 25.8. The van der Waals surface area contributed by atoms with Crippen molar-refractivity contribution in [1.82, 2.24) is 9.13 Å². The van der Waals surface area contributed by atoms with Crippen molar-refractivity contribution in [3.63, 3.8) is 0 Å². The molecule has 2 aromatic heterocycles. The van der Waals surface area contributed by atoms with E-state index in [1.165, 1.54) is 21.8 Å². The Morgan fingerprint density at radius 3 is 1.11 bits per heavy atom. The van der Waals surface area contributed by atoms with Gasteiger partial charge in [-0.15, -0.1) is 0 Å². The highest BCUT2D eigenvalue weighted by Crippen LogP contribution is 2.48.